The number of rotatable bonds is 4. The first-order chi connectivity index (χ1) is 9.05. The fourth-order valence-electron chi connectivity index (χ4n) is 1.62. The van der Waals surface area contributed by atoms with Crippen molar-refractivity contribution in [3.05, 3.63) is 23.9 Å². The van der Waals surface area contributed by atoms with Gasteiger partial charge in [-0.3, -0.25) is 0 Å². The summed E-state index contributed by atoms with van der Waals surface area (Å²) in [6.45, 7) is 0. The number of carboxylic acid groups (broad SMARTS) is 1. The Hall–Kier alpha value is -2.28. The average molecular weight is 280 g/mol. The van der Waals surface area contributed by atoms with Crippen LogP contribution in [0.5, 0.6) is 11.5 Å². The quantitative estimate of drug-likeness (QED) is 0.890. The van der Waals surface area contributed by atoms with Crippen LogP contribution in [0.1, 0.15) is 10.5 Å². The summed E-state index contributed by atoms with van der Waals surface area (Å²) < 4.78 is 10.3. The molecule has 19 heavy (non-hydrogen) atoms. The largest absolute Gasteiger partial charge is 0.497 e. The van der Waals surface area contributed by atoms with Crippen LogP contribution in [-0.4, -0.2) is 30.3 Å². The van der Waals surface area contributed by atoms with E-state index in [0.717, 1.165) is 11.3 Å². The van der Waals surface area contributed by atoms with Gasteiger partial charge < -0.3 is 20.3 Å². The smallest absolute Gasteiger partial charge is 0.356 e. The zero-order valence-corrected chi connectivity index (χ0v) is 11.2. The zero-order valence-electron chi connectivity index (χ0n) is 10.3. The number of benzene rings is 1. The van der Waals surface area contributed by atoms with Gasteiger partial charge in [0.05, 0.1) is 19.1 Å². The van der Waals surface area contributed by atoms with Gasteiger partial charge in [0.1, 0.15) is 11.5 Å². The van der Waals surface area contributed by atoms with Gasteiger partial charge in [0.2, 0.25) is 0 Å². The number of thiazole rings is 1. The maximum Gasteiger partial charge on any atom is 0.356 e. The number of hydrogen-bond acceptors (Lipinski definition) is 6. The van der Waals surface area contributed by atoms with E-state index in [1.54, 1.807) is 18.2 Å². The number of carboxylic acids is 1. The zero-order chi connectivity index (χ0) is 14.0. The third-order valence-electron chi connectivity index (χ3n) is 2.46. The van der Waals surface area contributed by atoms with Gasteiger partial charge in [-0.2, -0.15) is 0 Å². The van der Waals surface area contributed by atoms with Crippen LogP contribution in [0.2, 0.25) is 0 Å². The van der Waals surface area contributed by atoms with Crippen molar-refractivity contribution >= 4 is 22.4 Å². The summed E-state index contributed by atoms with van der Waals surface area (Å²) in [5, 5.41) is 9.32. The van der Waals surface area contributed by atoms with E-state index in [-0.39, 0.29) is 10.8 Å². The van der Waals surface area contributed by atoms with Gasteiger partial charge in [0, 0.05) is 11.6 Å². The van der Waals surface area contributed by atoms with Gasteiger partial charge >= 0.3 is 5.97 Å². The van der Waals surface area contributed by atoms with Crippen LogP contribution in [0.3, 0.4) is 0 Å². The van der Waals surface area contributed by atoms with Gasteiger partial charge in [-0.25, -0.2) is 9.78 Å². The number of nitrogens with zero attached hydrogens (tertiary/aromatic N) is 1. The van der Waals surface area contributed by atoms with Crippen LogP contribution in [0.25, 0.3) is 10.4 Å². The Morgan fingerprint density at radius 1 is 1.26 bits per heavy atom. The number of methoxy groups -OCH3 is 2. The van der Waals surface area contributed by atoms with Crippen molar-refractivity contribution in [2.24, 2.45) is 0 Å². The van der Waals surface area contributed by atoms with Crippen molar-refractivity contribution in [2.75, 3.05) is 20.0 Å². The van der Waals surface area contributed by atoms with Gasteiger partial charge in [-0.1, -0.05) is 11.3 Å². The summed E-state index contributed by atoms with van der Waals surface area (Å²) >= 11 is 1.11. The number of aromatic carboxylic acids is 1. The second-order valence-corrected chi connectivity index (χ2v) is 4.67. The van der Waals surface area contributed by atoms with E-state index in [9.17, 15) is 4.79 Å². The fourth-order valence-corrected chi connectivity index (χ4v) is 2.43. The molecule has 0 spiro atoms. The normalized spacial score (nSPS) is 10.2. The Kier molecular flexibility index (Phi) is 3.57. The molecule has 0 radical (unpaired) electrons. The fraction of sp³-hybridized carbons (Fsp3) is 0.167. The molecule has 0 bridgehead atoms. The van der Waals surface area contributed by atoms with Crippen molar-refractivity contribution in [1.82, 2.24) is 4.98 Å². The van der Waals surface area contributed by atoms with Gasteiger partial charge in [0.25, 0.3) is 0 Å². The Labute approximate surface area is 113 Å². The highest BCUT2D eigenvalue weighted by Crippen LogP contribution is 2.36. The molecule has 3 N–H and O–H groups in total. The second kappa shape index (κ2) is 5.15. The highest BCUT2D eigenvalue weighted by molar-refractivity contribution is 7.19. The lowest BCUT2D eigenvalue weighted by atomic mass is 10.1. The van der Waals surface area contributed by atoms with E-state index < -0.39 is 5.97 Å². The van der Waals surface area contributed by atoms with Crippen molar-refractivity contribution in [3.63, 3.8) is 0 Å². The van der Waals surface area contributed by atoms with Crippen molar-refractivity contribution in [3.8, 4) is 21.9 Å². The highest BCUT2D eigenvalue weighted by Gasteiger charge is 2.19. The standard InChI is InChI=1S/C12H12N2O4S/c1-17-7-3-6(4-8(5-7)18-2)10-9(11(15)16)14-12(13)19-10/h3-5H,1-2H3,(H2,13,14)(H,15,16). The first kappa shape index (κ1) is 13.2. The second-order valence-electron chi connectivity index (χ2n) is 3.64. The molecular weight excluding hydrogens is 268 g/mol. The maximum absolute atomic E-state index is 11.1. The topological polar surface area (TPSA) is 94.7 Å². The van der Waals surface area contributed by atoms with Crippen LogP contribution in [0.4, 0.5) is 5.13 Å². The lowest BCUT2D eigenvalue weighted by Crippen LogP contribution is -1.99. The molecule has 0 amide bonds. The summed E-state index contributed by atoms with van der Waals surface area (Å²) in [6, 6.07) is 5.12. The third kappa shape index (κ3) is 2.60. The summed E-state index contributed by atoms with van der Waals surface area (Å²) in [4.78, 5) is 15.4. The molecule has 7 heteroatoms. The first-order valence-corrected chi connectivity index (χ1v) is 6.10. The van der Waals surface area contributed by atoms with Crippen LogP contribution in [0, 0.1) is 0 Å². The maximum atomic E-state index is 11.1. The van der Waals surface area contributed by atoms with Gasteiger partial charge in [-0.05, 0) is 12.1 Å². The average Bonchev–Trinajstić information content (AvgIpc) is 2.80. The molecule has 0 saturated heterocycles. The molecular formula is C12H12N2O4S. The molecule has 1 heterocycles. The van der Waals surface area contributed by atoms with E-state index >= 15 is 0 Å². The number of nitrogens with two attached hydrogens (primary N) is 1. The van der Waals surface area contributed by atoms with Crippen LogP contribution >= 0.6 is 11.3 Å². The molecule has 0 unspecified atom stereocenters. The molecule has 0 atom stereocenters. The Balaban J connectivity index is 2.60. The molecule has 0 aliphatic rings. The Morgan fingerprint density at radius 2 is 1.84 bits per heavy atom. The number of aromatic nitrogens is 1. The lowest BCUT2D eigenvalue weighted by molar-refractivity contribution is 0.0692. The molecule has 0 aliphatic carbocycles. The highest BCUT2D eigenvalue weighted by atomic mass is 32.1. The monoisotopic (exact) mass is 280 g/mol. The molecule has 1 aromatic carbocycles. The molecule has 100 valence electrons. The van der Waals surface area contributed by atoms with Gasteiger partial charge in [-0.15, -0.1) is 0 Å². The number of ether oxygens (including phenoxy) is 2. The first-order valence-electron chi connectivity index (χ1n) is 5.28. The van der Waals surface area contributed by atoms with E-state index in [0.29, 0.717) is 21.9 Å². The number of carbonyl (C=O) groups is 1. The van der Waals surface area contributed by atoms with Crippen LogP contribution in [0.15, 0.2) is 18.2 Å². The molecule has 0 saturated carbocycles. The molecule has 0 fully saturated rings. The predicted octanol–water partition coefficient (Wildman–Crippen LogP) is 2.11. The third-order valence-corrected chi connectivity index (χ3v) is 3.39. The molecule has 1 aromatic heterocycles. The van der Waals surface area contributed by atoms with E-state index in [4.69, 9.17) is 20.3 Å². The van der Waals surface area contributed by atoms with Crippen molar-refractivity contribution in [2.45, 2.75) is 0 Å². The van der Waals surface area contributed by atoms with Gasteiger partial charge in [0.15, 0.2) is 10.8 Å². The van der Waals surface area contributed by atoms with E-state index in [2.05, 4.69) is 4.98 Å². The lowest BCUT2D eigenvalue weighted by Gasteiger charge is -2.07. The summed E-state index contributed by atoms with van der Waals surface area (Å²) in [6.07, 6.45) is 0. The predicted molar refractivity (Wildman–Crippen MR) is 72.0 cm³/mol. The number of anilines is 1. The van der Waals surface area contributed by atoms with Crippen molar-refractivity contribution < 1.29 is 19.4 Å². The Bertz CT molecular complexity index is 602. The molecule has 2 aromatic rings. The SMILES string of the molecule is COc1cc(OC)cc(-c2sc(N)nc2C(=O)O)c1. The van der Waals surface area contributed by atoms with E-state index in [1.807, 2.05) is 0 Å². The van der Waals surface area contributed by atoms with Crippen LogP contribution in [-0.2, 0) is 0 Å². The van der Waals surface area contributed by atoms with Crippen molar-refractivity contribution in [1.29, 1.82) is 0 Å². The summed E-state index contributed by atoms with van der Waals surface area (Å²) in [5.74, 6) is 0.0139. The minimum atomic E-state index is -1.12. The minimum Gasteiger partial charge on any atom is -0.497 e. The number of hydrogen-bond donors (Lipinski definition) is 2. The Morgan fingerprint density at radius 3 is 2.32 bits per heavy atom. The number of nitrogen functional groups attached to an aromatic ring is 1. The molecule has 0 aliphatic heterocycles. The molecule has 6 nitrogen and oxygen atoms in total. The van der Waals surface area contributed by atoms with E-state index in [1.165, 1.54) is 14.2 Å². The molecule has 2 rings (SSSR count). The minimum absolute atomic E-state index is 0.0715. The summed E-state index contributed by atoms with van der Waals surface area (Å²) in [5.41, 5.74) is 6.15. The van der Waals surface area contributed by atoms with Crippen LogP contribution < -0.4 is 15.2 Å². The summed E-state index contributed by atoms with van der Waals surface area (Å²) in [7, 11) is 3.05.